The maximum Gasteiger partial charge on any atom is 0.230 e. The number of aromatic nitrogens is 2. The number of anilines is 1. The highest BCUT2D eigenvalue weighted by atomic mass is 32.1. The fourth-order valence-electron chi connectivity index (χ4n) is 5.01. The standard InChI is InChI=1S/C21H24N4OS/c1-12(2)25-11-14(20(26)24-21-22-6-7-27-21)8-16-15-4-3-5-17-19(15)13(10-23-17)9-18(16)25/h3-7,10,12,14,16,18,23H,8-9,11H2,1-2H3,(H,22,24,26)/t14?,16-,18-/m1/s1. The van der Waals surface area contributed by atoms with Gasteiger partial charge >= 0.3 is 0 Å². The van der Waals surface area contributed by atoms with Gasteiger partial charge in [0, 0.05) is 53.2 Å². The summed E-state index contributed by atoms with van der Waals surface area (Å²) in [7, 11) is 0. The molecule has 0 spiro atoms. The molecule has 140 valence electrons. The molecule has 1 aliphatic heterocycles. The van der Waals surface area contributed by atoms with Crippen molar-refractivity contribution >= 4 is 33.3 Å². The van der Waals surface area contributed by atoms with Gasteiger partial charge in [-0.2, -0.15) is 0 Å². The number of H-pyrrole nitrogens is 1. The number of piperidine rings is 1. The van der Waals surface area contributed by atoms with E-state index in [2.05, 4.69) is 58.4 Å². The van der Waals surface area contributed by atoms with Gasteiger partial charge in [0.2, 0.25) is 5.91 Å². The number of benzene rings is 1. The van der Waals surface area contributed by atoms with Crippen molar-refractivity contribution < 1.29 is 4.79 Å². The van der Waals surface area contributed by atoms with E-state index in [4.69, 9.17) is 0 Å². The number of carbonyl (C=O) groups is 1. The first-order valence-corrected chi connectivity index (χ1v) is 10.5. The zero-order chi connectivity index (χ0) is 18.5. The molecular formula is C21H24N4OS. The number of fused-ring (bicyclic) bond motifs is 2. The minimum absolute atomic E-state index is 0.0201. The molecule has 0 radical (unpaired) electrons. The SMILES string of the molecule is CC(C)N1CC(C(=O)Nc2nccs2)C[C@@H]2c3cccc4[nH]cc(c34)C[C@H]21. The lowest BCUT2D eigenvalue weighted by molar-refractivity contribution is -0.123. The van der Waals surface area contributed by atoms with Gasteiger partial charge in [0.15, 0.2) is 5.13 Å². The number of hydrogen-bond acceptors (Lipinski definition) is 4. The quantitative estimate of drug-likeness (QED) is 0.722. The average Bonchev–Trinajstić information content (AvgIpc) is 3.32. The third kappa shape index (κ3) is 2.78. The van der Waals surface area contributed by atoms with Crippen molar-refractivity contribution in [2.75, 3.05) is 11.9 Å². The monoisotopic (exact) mass is 380 g/mol. The van der Waals surface area contributed by atoms with Crippen molar-refractivity contribution in [3.05, 3.63) is 47.1 Å². The minimum atomic E-state index is -0.0201. The molecule has 3 aromatic rings. The Morgan fingerprint density at radius 2 is 2.30 bits per heavy atom. The van der Waals surface area contributed by atoms with Crippen LogP contribution in [-0.2, 0) is 11.2 Å². The van der Waals surface area contributed by atoms with Crippen molar-refractivity contribution in [2.45, 2.75) is 44.7 Å². The van der Waals surface area contributed by atoms with Gasteiger partial charge in [0.05, 0.1) is 5.92 Å². The lowest BCUT2D eigenvalue weighted by Gasteiger charge is -2.48. The maximum absolute atomic E-state index is 13.0. The van der Waals surface area contributed by atoms with E-state index in [0.29, 0.717) is 23.1 Å². The van der Waals surface area contributed by atoms with E-state index < -0.39 is 0 Å². The van der Waals surface area contributed by atoms with Crippen LogP contribution in [0.5, 0.6) is 0 Å². The molecule has 27 heavy (non-hydrogen) atoms. The molecule has 2 aromatic heterocycles. The summed E-state index contributed by atoms with van der Waals surface area (Å²) in [6, 6.07) is 7.42. The topological polar surface area (TPSA) is 61.0 Å². The first kappa shape index (κ1) is 17.0. The number of amides is 1. The van der Waals surface area contributed by atoms with Crippen LogP contribution in [0.4, 0.5) is 5.13 Å². The van der Waals surface area contributed by atoms with Crippen molar-refractivity contribution in [3.63, 3.8) is 0 Å². The molecule has 5 nitrogen and oxygen atoms in total. The van der Waals surface area contributed by atoms with Gasteiger partial charge in [-0.25, -0.2) is 4.98 Å². The van der Waals surface area contributed by atoms with Crippen molar-refractivity contribution in [3.8, 4) is 0 Å². The third-order valence-electron chi connectivity index (χ3n) is 6.20. The summed E-state index contributed by atoms with van der Waals surface area (Å²) in [6.07, 6.45) is 5.85. The molecule has 0 saturated carbocycles. The minimum Gasteiger partial charge on any atom is -0.361 e. The van der Waals surface area contributed by atoms with Crippen LogP contribution in [0, 0.1) is 5.92 Å². The molecular weight excluding hydrogens is 356 g/mol. The summed E-state index contributed by atoms with van der Waals surface area (Å²) in [5.41, 5.74) is 4.03. The maximum atomic E-state index is 13.0. The van der Waals surface area contributed by atoms with Gasteiger partial charge in [-0.3, -0.25) is 9.69 Å². The van der Waals surface area contributed by atoms with E-state index in [-0.39, 0.29) is 11.8 Å². The van der Waals surface area contributed by atoms with E-state index in [9.17, 15) is 4.79 Å². The molecule has 1 saturated heterocycles. The van der Waals surface area contributed by atoms with Gasteiger partial charge < -0.3 is 10.3 Å². The number of nitrogens with one attached hydrogen (secondary N) is 2. The summed E-state index contributed by atoms with van der Waals surface area (Å²) in [5.74, 6) is 0.467. The number of rotatable bonds is 3. The highest BCUT2D eigenvalue weighted by molar-refractivity contribution is 7.13. The lowest BCUT2D eigenvalue weighted by Crippen LogP contribution is -2.54. The van der Waals surface area contributed by atoms with Crippen LogP contribution in [-0.4, -0.2) is 39.4 Å². The Kier molecular flexibility index (Phi) is 4.06. The Hall–Kier alpha value is -2.18. The van der Waals surface area contributed by atoms with E-state index in [1.807, 2.05) is 5.38 Å². The smallest absolute Gasteiger partial charge is 0.230 e. The highest BCUT2D eigenvalue weighted by Gasteiger charge is 2.43. The van der Waals surface area contributed by atoms with Gasteiger partial charge in [-0.15, -0.1) is 11.3 Å². The Morgan fingerprint density at radius 3 is 3.07 bits per heavy atom. The number of likely N-dealkylation sites (tertiary alicyclic amines) is 1. The van der Waals surface area contributed by atoms with Crippen LogP contribution in [0.2, 0.25) is 0 Å². The van der Waals surface area contributed by atoms with Gasteiger partial charge in [-0.05, 0) is 43.9 Å². The number of thiazole rings is 1. The summed E-state index contributed by atoms with van der Waals surface area (Å²) in [5, 5.41) is 6.98. The molecule has 2 N–H and O–H groups in total. The summed E-state index contributed by atoms with van der Waals surface area (Å²) in [4.78, 5) is 23.1. The van der Waals surface area contributed by atoms with Crippen LogP contribution in [0.3, 0.4) is 0 Å². The molecule has 1 aliphatic carbocycles. The summed E-state index contributed by atoms with van der Waals surface area (Å²) < 4.78 is 0. The Balaban J connectivity index is 1.50. The molecule has 5 rings (SSSR count). The van der Waals surface area contributed by atoms with E-state index >= 15 is 0 Å². The van der Waals surface area contributed by atoms with Crippen molar-refractivity contribution in [1.82, 2.24) is 14.9 Å². The predicted molar refractivity (Wildman–Crippen MR) is 109 cm³/mol. The molecule has 3 atom stereocenters. The Labute approximate surface area is 162 Å². The molecule has 1 amide bonds. The lowest BCUT2D eigenvalue weighted by atomic mass is 9.71. The zero-order valence-corrected chi connectivity index (χ0v) is 16.4. The first-order valence-electron chi connectivity index (χ1n) is 9.67. The molecule has 6 heteroatoms. The molecule has 2 aliphatic rings. The third-order valence-corrected chi connectivity index (χ3v) is 6.89. The molecule has 0 bridgehead atoms. The number of aromatic amines is 1. The molecule has 1 fully saturated rings. The number of hydrogen-bond donors (Lipinski definition) is 2. The first-order chi connectivity index (χ1) is 13.1. The Bertz CT molecular complexity index is 977. The summed E-state index contributed by atoms with van der Waals surface area (Å²) in [6.45, 7) is 5.29. The predicted octanol–water partition coefficient (Wildman–Crippen LogP) is 4.00. The average molecular weight is 381 g/mol. The number of carbonyl (C=O) groups excluding carboxylic acids is 1. The van der Waals surface area contributed by atoms with Crippen LogP contribution in [0.25, 0.3) is 10.9 Å². The van der Waals surface area contributed by atoms with Gasteiger partial charge in [0.25, 0.3) is 0 Å². The fraction of sp³-hybridized carbons (Fsp3) is 0.429. The van der Waals surface area contributed by atoms with Gasteiger partial charge in [-0.1, -0.05) is 12.1 Å². The normalized spacial score (nSPS) is 24.9. The highest BCUT2D eigenvalue weighted by Crippen LogP contribution is 2.45. The molecule has 1 aromatic carbocycles. The van der Waals surface area contributed by atoms with Crippen LogP contribution >= 0.6 is 11.3 Å². The fourth-order valence-corrected chi connectivity index (χ4v) is 5.54. The number of nitrogens with zero attached hydrogens (tertiary/aromatic N) is 2. The van der Waals surface area contributed by atoms with Crippen molar-refractivity contribution in [1.29, 1.82) is 0 Å². The van der Waals surface area contributed by atoms with Crippen LogP contribution in [0.1, 0.15) is 37.3 Å². The second-order valence-electron chi connectivity index (χ2n) is 8.01. The van der Waals surface area contributed by atoms with E-state index in [1.54, 1.807) is 6.20 Å². The molecule has 1 unspecified atom stereocenters. The van der Waals surface area contributed by atoms with Crippen molar-refractivity contribution in [2.24, 2.45) is 5.92 Å². The van der Waals surface area contributed by atoms with Gasteiger partial charge in [0.1, 0.15) is 0 Å². The summed E-state index contributed by atoms with van der Waals surface area (Å²) >= 11 is 1.47. The second-order valence-corrected chi connectivity index (χ2v) is 8.91. The largest absolute Gasteiger partial charge is 0.361 e. The van der Waals surface area contributed by atoms with Crippen LogP contribution in [0.15, 0.2) is 36.0 Å². The zero-order valence-electron chi connectivity index (χ0n) is 15.6. The molecule has 3 heterocycles. The Morgan fingerprint density at radius 1 is 1.41 bits per heavy atom. The second kappa shape index (κ2) is 6.46. The van der Waals surface area contributed by atoms with E-state index in [1.165, 1.54) is 33.4 Å². The van der Waals surface area contributed by atoms with Crippen LogP contribution < -0.4 is 5.32 Å². The van der Waals surface area contributed by atoms with E-state index in [0.717, 1.165) is 19.4 Å².